The van der Waals surface area contributed by atoms with Gasteiger partial charge in [0, 0.05) is 32.4 Å². The van der Waals surface area contributed by atoms with Gasteiger partial charge in [0.2, 0.25) is 0 Å². The number of ether oxygens (including phenoxy) is 1. The summed E-state index contributed by atoms with van der Waals surface area (Å²) in [5.41, 5.74) is 0.982. The Balaban J connectivity index is 1.89. The number of hydrogen-bond acceptors (Lipinski definition) is 2. The molecule has 106 valence electrons. The molecular weight excluding hydrogens is 248 g/mol. The van der Waals surface area contributed by atoms with E-state index in [0.717, 1.165) is 25.6 Å². The molecule has 0 heterocycles. The van der Waals surface area contributed by atoms with Crippen LogP contribution in [0.3, 0.4) is 0 Å². The summed E-state index contributed by atoms with van der Waals surface area (Å²) in [6.07, 6.45) is 3.45. The fourth-order valence-corrected chi connectivity index (χ4v) is 2.32. The lowest BCUT2D eigenvalue weighted by molar-refractivity contribution is 0.170. The van der Waals surface area contributed by atoms with Gasteiger partial charge in [0.15, 0.2) is 0 Å². The lowest BCUT2D eigenvalue weighted by Crippen LogP contribution is -2.27. The summed E-state index contributed by atoms with van der Waals surface area (Å²) >= 11 is 0. The minimum atomic E-state index is -0.524. The number of nitrogens with one attached hydrogen (secondary N) is 1. The predicted molar refractivity (Wildman–Crippen MR) is 70.9 cm³/mol. The maximum Gasteiger partial charge on any atom is 0.126 e. The van der Waals surface area contributed by atoms with Crippen LogP contribution in [0.25, 0.3) is 0 Å². The van der Waals surface area contributed by atoms with E-state index >= 15 is 0 Å². The zero-order valence-corrected chi connectivity index (χ0v) is 11.5. The molecule has 0 aromatic heterocycles. The van der Waals surface area contributed by atoms with Crippen LogP contribution in [0.5, 0.6) is 0 Å². The first-order valence-electron chi connectivity index (χ1n) is 6.73. The van der Waals surface area contributed by atoms with Crippen molar-refractivity contribution < 1.29 is 13.5 Å². The van der Waals surface area contributed by atoms with Gasteiger partial charge >= 0.3 is 0 Å². The quantitative estimate of drug-likeness (QED) is 0.818. The molecule has 2 nitrogen and oxygen atoms in total. The zero-order valence-electron chi connectivity index (χ0n) is 11.5. The molecule has 1 saturated carbocycles. The zero-order chi connectivity index (χ0) is 13.9. The average molecular weight is 269 g/mol. The molecule has 4 heteroatoms. The molecule has 0 spiro atoms. The highest BCUT2D eigenvalue weighted by molar-refractivity contribution is 5.21. The van der Waals surface area contributed by atoms with Crippen molar-refractivity contribution in [1.29, 1.82) is 0 Å². The van der Waals surface area contributed by atoms with E-state index in [4.69, 9.17) is 4.74 Å². The normalized spacial score (nSPS) is 18.3. The van der Waals surface area contributed by atoms with Gasteiger partial charge in [-0.1, -0.05) is 0 Å². The standard InChI is InChI=1S/C15H21F2NO/c1-11(12-7-13(16)9-14(17)8-12)18-10-15(3-4-15)5-6-19-2/h7-9,11,18H,3-6,10H2,1-2H3. The van der Waals surface area contributed by atoms with Gasteiger partial charge in [-0.05, 0) is 49.3 Å². The molecule has 0 radical (unpaired) electrons. The van der Waals surface area contributed by atoms with Crippen molar-refractivity contribution in [2.24, 2.45) is 5.41 Å². The van der Waals surface area contributed by atoms with Crippen LogP contribution in [0, 0.1) is 17.0 Å². The van der Waals surface area contributed by atoms with Crippen LogP contribution in [-0.2, 0) is 4.74 Å². The molecular formula is C15H21F2NO. The van der Waals surface area contributed by atoms with E-state index in [2.05, 4.69) is 5.32 Å². The topological polar surface area (TPSA) is 21.3 Å². The molecule has 1 aromatic carbocycles. The van der Waals surface area contributed by atoms with Crippen molar-refractivity contribution >= 4 is 0 Å². The Kier molecular flexibility index (Phi) is 4.53. The van der Waals surface area contributed by atoms with E-state index in [1.54, 1.807) is 7.11 Å². The third-order valence-corrected chi connectivity index (χ3v) is 3.96. The molecule has 0 bridgehead atoms. The van der Waals surface area contributed by atoms with Gasteiger partial charge in [0.25, 0.3) is 0 Å². The monoisotopic (exact) mass is 269 g/mol. The van der Waals surface area contributed by atoms with Gasteiger partial charge in [-0.3, -0.25) is 0 Å². The van der Waals surface area contributed by atoms with Crippen LogP contribution in [0.2, 0.25) is 0 Å². The Hall–Kier alpha value is -1.00. The van der Waals surface area contributed by atoms with E-state index in [1.807, 2.05) is 6.92 Å². The third-order valence-electron chi connectivity index (χ3n) is 3.96. The van der Waals surface area contributed by atoms with Gasteiger partial charge in [0.1, 0.15) is 11.6 Å². The van der Waals surface area contributed by atoms with Crippen LogP contribution < -0.4 is 5.32 Å². The minimum Gasteiger partial charge on any atom is -0.385 e. The van der Waals surface area contributed by atoms with Crippen molar-refractivity contribution in [3.63, 3.8) is 0 Å². The van der Waals surface area contributed by atoms with Crippen molar-refractivity contribution in [2.45, 2.75) is 32.2 Å². The van der Waals surface area contributed by atoms with E-state index in [0.29, 0.717) is 11.0 Å². The maximum atomic E-state index is 13.2. The van der Waals surface area contributed by atoms with Gasteiger partial charge in [-0.2, -0.15) is 0 Å². The SMILES string of the molecule is COCCC1(CNC(C)c2cc(F)cc(F)c2)CC1. The van der Waals surface area contributed by atoms with Crippen molar-refractivity contribution in [2.75, 3.05) is 20.3 Å². The van der Waals surface area contributed by atoms with Gasteiger partial charge in [-0.25, -0.2) is 8.78 Å². The second kappa shape index (κ2) is 5.97. The number of halogens is 2. The third kappa shape index (κ3) is 3.98. The first-order chi connectivity index (χ1) is 9.04. The largest absolute Gasteiger partial charge is 0.385 e. The van der Waals surface area contributed by atoms with Gasteiger partial charge in [-0.15, -0.1) is 0 Å². The molecule has 1 aliphatic rings. The maximum absolute atomic E-state index is 13.2. The molecule has 1 aromatic rings. The highest BCUT2D eigenvalue weighted by atomic mass is 19.1. The predicted octanol–water partition coefficient (Wildman–Crippen LogP) is 3.43. The summed E-state index contributed by atoms with van der Waals surface area (Å²) < 4.78 is 31.4. The minimum absolute atomic E-state index is 0.0507. The van der Waals surface area contributed by atoms with E-state index in [-0.39, 0.29) is 6.04 Å². The highest BCUT2D eigenvalue weighted by Gasteiger charge is 2.41. The molecule has 1 N–H and O–H groups in total. The number of rotatable bonds is 7. The highest BCUT2D eigenvalue weighted by Crippen LogP contribution is 2.48. The van der Waals surface area contributed by atoms with Crippen molar-refractivity contribution in [3.8, 4) is 0 Å². The summed E-state index contributed by atoms with van der Waals surface area (Å²) in [5, 5.41) is 3.38. The van der Waals surface area contributed by atoms with Crippen LogP contribution in [0.4, 0.5) is 8.78 Å². The fraction of sp³-hybridized carbons (Fsp3) is 0.600. The summed E-state index contributed by atoms with van der Waals surface area (Å²) in [6, 6.07) is 3.62. The van der Waals surface area contributed by atoms with Crippen molar-refractivity contribution in [3.05, 3.63) is 35.4 Å². The average Bonchev–Trinajstić information content (AvgIpc) is 3.13. The summed E-state index contributed by atoms with van der Waals surface area (Å²) in [4.78, 5) is 0. The summed E-state index contributed by atoms with van der Waals surface area (Å²) in [6.45, 7) is 3.57. The van der Waals surface area contributed by atoms with Crippen LogP contribution >= 0.6 is 0 Å². The van der Waals surface area contributed by atoms with Gasteiger partial charge in [0.05, 0.1) is 0 Å². The van der Waals surface area contributed by atoms with Gasteiger partial charge < -0.3 is 10.1 Å². The lowest BCUT2D eigenvalue weighted by Gasteiger charge is -2.20. The molecule has 0 amide bonds. The molecule has 19 heavy (non-hydrogen) atoms. The molecule has 0 saturated heterocycles. The number of methoxy groups -OCH3 is 1. The Morgan fingerprint density at radius 2 is 1.89 bits per heavy atom. The molecule has 1 atom stereocenters. The van der Waals surface area contributed by atoms with E-state index in [1.165, 1.54) is 25.0 Å². The Bertz CT molecular complexity index is 412. The molecule has 1 aliphatic carbocycles. The second-order valence-electron chi connectivity index (χ2n) is 5.55. The van der Waals surface area contributed by atoms with Crippen LogP contribution in [0.1, 0.15) is 37.8 Å². The first kappa shape index (κ1) is 14.4. The number of hydrogen-bond donors (Lipinski definition) is 1. The van der Waals surface area contributed by atoms with E-state index in [9.17, 15) is 8.78 Å². The molecule has 1 unspecified atom stereocenters. The Morgan fingerprint density at radius 3 is 2.42 bits per heavy atom. The van der Waals surface area contributed by atoms with Crippen molar-refractivity contribution in [1.82, 2.24) is 5.32 Å². The molecule has 1 fully saturated rings. The first-order valence-corrected chi connectivity index (χ1v) is 6.73. The Labute approximate surface area is 113 Å². The molecule has 0 aliphatic heterocycles. The van der Waals surface area contributed by atoms with Crippen LogP contribution in [-0.4, -0.2) is 20.3 Å². The smallest absolute Gasteiger partial charge is 0.126 e. The lowest BCUT2D eigenvalue weighted by atomic mass is 10.0. The molecule has 2 rings (SSSR count). The second-order valence-corrected chi connectivity index (χ2v) is 5.55. The van der Waals surface area contributed by atoms with Crippen LogP contribution in [0.15, 0.2) is 18.2 Å². The summed E-state index contributed by atoms with van der Waals surface area (Å²) in [5.74, 6) is -1.05. The van der Waals surface area contributed by atoms with E-state index < -0.39 is 11.6 Å². The fourth-order valence-electron chi connectivity index (χ4n) is 2.32. The Morgan fingerprint density at radius 1 is 1.26 bits per heavy atom. The number of benzene rings is 1. The summed E-state index contributed by atoms with van der Waals surface area (Å²) in [7, 11) is 1.71.